The summed E-state index contributed by atoms with van der Waals surface area (Å²) >= 11 is 0. The number of nitrogens with one attached hydrogen (secondary N) is 3. The van der Waals surface area contributed by atoms with Crippen molar-refractivity contribution in [2.75, 3.05) is 26.4 Å². The predicted molar refractivity (Wildman–Crippen MR) is 121 cm³/mol. The number of sulfonamides is 1. The summed E-state index contributed by atoms with van der Waals surface area (Å²) in [5.74, 6) is 0.413. The van der Waals surface area contributed by atoms with Gasteiger partial charge in [-0.2, -0.15) is 13.2 Å². The fourth-order valence-electron chi connectivity index (χ4n) is 2.66. The highest BCUT2D eigenvalue weighted by atomic mass is 127. The number of hydrogen-bond acceptors (Lipinski definition) is 3. The van der Waals surface area contributed by atoms with E-state index < -0.39 is 27.3 Å². The molecule has 3 N–H and O–H groups in total. The summed E-state index contributed by atoms with van der Waals surface area (Å²) in [5, 5.41) is 6.13. The second-order valence-corrected chi connectivity index (χ2v) is 9.17. The van der Waals surface area contributed by atoms with Gasteiger partial charge in [0.05, 0.1) is 11.8 Å². The first kappa shape index (κ1) is 27.9. The van der Waals surface area contributed by atoms with Crippen LogP contribution in [0.1, 0.15) is 44.2 Å². The van der Waals surface area contributed by atoms with E-state index in [0.29, 0.717) is 31.0 Å². The summed E-state index contributed by atoms with van der Waals surface area (Å²) in [6, 6.07) is 5.34. The maximum atomic E-state index is 12.8. The molecule has 168 valence electrons. The number of aliphatic imine (C=N–C) groups is 1. The van der Waals surface area contributed by atoms with Crippen molar-refractivity contribution >= 4 is 40.0 Å². The third kappa shape index (κ3) is 11.0. The molecule has 0 saturated heterocycles. The van der Waals surface area contributed by atoms with Crippen molar-refractivity contribution in [3.63, 3.8) is 0 Å². The Balaban J connectivity index is 0.00000784. The van der Waals surface area contributed by atoms with Crippen LogP contribution >= 0.6 is 24.0 Å². The van der Waals surface area contributed by atoms with Gasteiger partial charge in [0.1, 0.15) is 0 Å². The minimum atomic E-state index is -4.35. The zero-order chi connectivity index (χ0) is 21.6. The number of nitrogens with zero attached hydrogens (tertiary/aromatic N) is 1. The zero-order valence-electron chi connectivity index (χ0n) is 17.2. The van der Waals surface area contributed by atoms with Gasteiger partial charge in [-0.15, -0.1) is 24.0 Å². The number of guanidine groups is 1. The molecule has 0 amide bonds. The molecule has 0 fully saturated rings. The van der Waals surface area contributed by atoms with Gasteiger partial charge < -0.3 is 10.6 Å². The zero-order valence-corrected chi connectivity index (χ0v) is 20.4. The van der Waals surface area contributed by atoms with E-state index >= 15 is 0 Å². The molecule has 0 heterocycles. The van der Waals surface area contributed by atoms with Gasteiger partial charge in [0.25, 0.3) is 0 Å². The Kier molecular flexibility index (Phi) is 10.9. The van der Waals surface area contributed by atoms with Crippen LogP contribution in [0.25, 0.3) is 0 Å². The first-order chi connectivity index (χ1) is 12.7. The summed E-state index contributed by atoms with van der Waals surface area (Å²) in [4.78, 5) is 4.07. The van der Waals surface area contributed by atoms with Crippen LogP contribution in [0.15, 0.2) is 29.3 Å². The maximum Gasteiger partial charge on any atom is 0.416 e. The molecule has 1 unspecified atom stereocenters. The molecule has 11 heteroatoms. The monoisotopic (exact) mass is 550 g/mol. The Morgan fingerprint density at radius 2 is 1.83 bits per heavy atom. The van der Waals surface area contributed by atoms with E-state index in [1.54, 1.807) is 27.0 Å². The van der Waals surface area contributed by atoms with Crippen LogP contribution in [-0.4, -0.2) is 46.3 Å². The molecule has 0 spiro atoms. The Hall–Kier alpha value is -1.08. The van der Waals surface area contributed by atoms with E-state index in [4.69, 9.17) is 0 Å². The van der Waals surface area contributed by atoms with Gasteiger partial charge in [0.2, 0.25) is 10.0 Å². The molecular weight excluding hydrogens is 520 g/mol. The lowest BCUT2D eigenvalue weighted by Gasteiger charge is -2.26. The number of rotatable bonds is 8. The fourth-order valence-corrected chi connectivity index (χ4v) is 3.73. The third-order valence-corrected chi connectivity index (χ3v) is 4.96. The van der Waals surface area contributed by atoms with Gasteiger partial charge in [0.15, 0.2) is 5.96 Å². The molecule has 1 aromatic carbocycles. The summed E-state index contributed by atoms with van der Waals surface area (Å²) in [6.45, 7) is 6.15. The highest BCUT2D eigenvalue weighted by molar-refractivity contribution is 14.0. The molecule has 0 radical (unpaired) electrons. The molecule has 0 saturated carbocycles. The van der Waals surface area contributed by atoms with E-state index in [0.717, 1.165) is 12.3 Å². The van der Waals surface area contributed by atoms with Crippen molar-refractivity contribution < 1.29 is 21.6 Å². The summed E-state index contributed by atoms with van der Waals surface area (Å²) in [6.07, 6.45) is -2.66. The predicted octanol–water partition coefficient (Wildman–Crippen LogP) is 3.31. The van der Waals surface area contributed by atoms with E-state index in [2.05, 4.69) is 20.3 Å². The van der Waals surface area contributed by atoms with E-state index in [9.17, 15) is 21.6 Å². The van der Waals surface area contributed by atoms with Crippen LogP contribution in [0.4, 0.5) is 13.2 Å². The van der Waals surface area contributed by atoms with Gasteiger partial charge in [-0.1, -0.05) is 25.1 Å². The highest BCUT2D eigenvalue weighted by Crippen LogP contribution is 2.31. The van der Waals surface area contributed by atoms with Crippen LogP contribution < -0.4 is 15.4 Å². The number of hydrogen-bond donors (Lipinski definition) is 3. The van der Waals surface area contributed by atoms with Crippen LogP contribution in [0, 0.1) is 0 Å². The number of benzene rings is 1. The molecule has 0 aliphatic rings. The molecular formula is C18H30F3IN4O2S. The lowest BCUT2D eigenvalue weighted by atomic mass is 9.96. The van der Waals surface area contributed by atoms with E-state index in [1.807, 2.05) is 6.92 Å². The molecule has 0 aromatic heterocycles. The van der Waals surface area contributed by atoms with Crippen molar-refractivity contribution in [2.45, 2.75) is 44.8 Å². The molecule has 0 aliphatic carbocycles. The Labute approximate surface area is 188 Å². The van der Waals surface area contributed by atoms with Gasteiger partial charge in [-0.05, 0) is 37.8 Å². The summed E-state index contributed by atoms with van der Waals surface area (Å²) < 4.78 is 63.8. The SMILES string of the molecule is CN=C(NCCC(C)c1cccc(C(F)(F)F)c1)NCC(C)(C)NS(C)(=O)=O.I. The lowest BCUT2D eigenvalue weighted by molar-refractivity contribution is -0.137. The van der Waals surface area contributed by atoms with E-state index in [1.165, 1.54) is 12.1 Å². The number of halogens is 4. The largest absolute Gasteiger partial charge is 0.416 e. The Bertz CT molecular complexity index is 784. The average molecular weight is 550 g/mol. The third-order valence-electron chi connectivity index (χ3n) is 4.04. The van der Waals surface area contributed by atoms with Crippen LogP contribution in [0.2, 0.25) is 0 Å². The average Bonchev–Trinajstić information content (AvgIpc) is 2.55. The first-order valence-electron chi connectivity index (χ1n) is 8.84. The molecule has 1 aromatic rings. The normalized spacial score (nSPS) is 14.1. The van der Waals surface area contributed by atoms with E-state index in [-0.39, 0.29) is 29.9 Å². The quantitative estimate of drug-likeness (QED) is 0.264. The standard InChI is InChI=1S/C18H29F3N4O2S.HI/c1-13(14-7-6-8-15(11-14)18(19,20)21)9-10-23-16(22-4)24-12-17(2,3)25-28(5,26)27;/h6-8,11,13,25H,9-10,12H2,1-5H3,(H2,22,23,24);1H. The number of alkyl halides is 3. The van der Waals surface area contributed by atoms with Gasteiger partial charge in [-0.3, -0.25) is 4.99 Å². The van der Waals surface area contributed by atoms with Crippen LogP contribution in [0.3, 0.4) is 0 Å². The smallest absolute Gasteiger partial charge is 0.356 e. The van der Waals surface area contributed by atoms with Gasteiger partial charge >= 0.3 is 6.18 Å². The molecule has 6 nitrogen and oxygen atoms in total. The summed E-state index contributed by atoms with van der Waals surface area (Å²) in [5.41, 5.74) is -0.739. The van der Waals surface area contributed by atoms with Crippen molar-refractivity contribution in [3.8, 4) is 0 Å². The topological polar surface area (TPSA) is 82.6 Å². The second kappa shape index (κ2) is 11.3. The van der Waals surface area contributed by atoms with Crippen molar-refractivity contribution in [2.24, 2.45) is 4.99 Å². The fraction of sp³-hybridized carbons (Fsp3) is 0.611. The molecule has 0 bridgehead atoms. The Morgan fingerprint density at radius 1 is 1.21 bits per heavy atom. The maximum absolute atomic E-state index is 12.8. The summed E-state index contributed by atoms with van der Waals surface area (Å²) in [7, 11) is -1.75. The van der Waals surface area contributed by atoms with Gasteiger partial charge in [-0.25, -0.2) is 13.1 Å². The minimum absolute atomic E-state index is 0. The van der Waals surface area contributed by atoms with Crippen molar-refractivity contribution in [1.29, 1.82) is 0 Å². The first-order valence-corrected chi connectivity index (χ1v) is 10.7. The second-order valence-electron chi connectivity index (χ2n) is 7.42. The van der Waals surface area contributed by atoms with Crippen molar-refractivity contribution in [1.82, 2.24) is 15.4 Å². The van der Waals surface area contributed by atoms with Gasteiger partial charge in [0, 0.05) is 25.7 Å². The lowest BCUT2D eigenvalue weighted by Crippen LogP contribution is -2.53. The van der Waals surface area contributed by atoms with Crippen LogP contribution in [0.5, 0.6) is 0 Å². The molecule has 1 atom stereocenters. The molecule has 1 rings (SSSR count). The highest BCUT2D eigenvalue weighted by Gasteiger charge is 2.30. The molecule has 29 heavy (non-hydrogen) atoms. The van der Waals surface area contributed by atoms with Crippen molar-refractivity contribution in [3.05, 3.63) is 35.4 Å². The molecule has 0 aliphatic heterocycles. The Morgan fingerprint density at radius 3 is 2.34 bits per heavy atom. The van der Waals surface area contributed by atoms with Crippen LogP contribution in [-0.2, 0) is 16.2 Å². The minimum Gasteiger partial charge on any atom is -0.356 e.